The van der Waals surface area contributed by atoms with Crippen molar-refractivity contribution in [3.05, 3.63) is 119 Å². The Morgan fingerprint density at radius 2 is 0.977 bits per heavy atom. The van der Waals surface area contributed by atoms with E-state index in [1.165, 1.54) is 0 Å². The summed E-state index contributed by atoms with van der Waals surface area (Å²) in [6.07, 6.45) is 1.08. The van der Waals surface area contributed by atoms with Crippen LogP contribution in [-0.4, -0.2) is 36.4 Å². The lowest BCUT2D eigenvalue weighted by atomic mass is 10.0. The van der Waals surface area contributed by atoms with Gasteiger partial charge in [-0.15, -0.1) is 0 Å². The average molecular weight is 575 g/mol. The van der Waals surface area contributed by atoms with Gasteiger partial charge < -0.3 is 30.8 Å². The summed E-state index contributed by atoms with van der Waals surface area (Å²) in [6, 6.07) is 30.8. The number of para-hydroxylation sites is 2. The number of nitrogens with two attached hydrogens (primary N) is 2. The van der Waals surface area contributed by atoms with Gasteiger partial charge in [0.05, 0.1) is 32.4 Å². The van der Waals surface area contributed by atoms with E-state index in [1.807, 2.05) is 78.9 Å². The maximum Gasteiger partial charge on any atom is 0.127 e. The second kappa shape index (κ2) is 13.0. The Morgan fingerprint density at radius 3 is 1.47 bits per heavy atom. The number of hydrogen-bond donors (Lipinski definition) is 3. The molecule has 0 unspecified atom stereocenters. The van der Waals surface area contributed by atoms with Crippen LogP contribution in [0.15, 0.2) is 97.1 Å². The van der Waals surface area contributed by atoms with Crippen LogP contribution in [0, 0.1) is 0 Å². The molecule has 0 saturated carbocycles. The van der Waals surface area contributed by atoms with Crippen LogP contribution in [0.4, 0.5) is 11.6 Å². The fourth-order valence-corrected chi connectivity index (χ4v) is 5.04. The number of phenolic OH excluding ortho intramolecular Hbond substituents is 1. The van der Waals surface area contributed by atoms with Gasteiger partial charge in [-0.25, -0.2) is 9.97 Å². The number of aromatic hydroxyl groups is 1. The molecule has 6 aromatic rings. The van der Waals surface area contributed by atoms with Gasteiger partial charge in [-0.3, -0.25) is 0 Å². The number of pyridine rings is 2. The summed E-state index contributed by atoms with van der Waals surface area (Å²) in [6.45, 7) is 0. The van der Waals surface area contributed by atoms with E-state index in [9.17, 15) is 5.11 Å². The quantitative estimate of drug-likeness (QED) is 0.196. The van der Waals surface area contributed by atoms with Gasteiger partial charge in [0.1, 0.15) is 34.6 Å². The molecule has 6 rings (SSSR count). The number of phenols is 1. The summed E-state index contributed by atoms with van der Waals surface area (Å²) in [5, 5.41) is 12.1. The molecule has 2 heterocycles. The Morgan fingerprint density at radius 1 is 0.558 bits per heavy atom. The number of ether oxygens (including phenoxy) is 3. The van der Waals surface area contributed by atoms with Gasteiger partial charge in [-0.2, -0.15) is 0 Å². The first kappa shape index (κ1) is 29.0. The van der Waals surface area contributed by atoms with E-state index in [-0.39, 0.29) is 5.75 Å². The number of fused-ring (bicyclic) bond motifs is 2. The normalized spacial score (nSPS) is 10.7. The summed E-state index contributed by atoms with van der Waals surface area (Å²) in [5.74, 6) is 3.41. The third kappa shape index (κ3) is 6.38. The minimum Gasteiger partial charge on any atom is -0.508 e. The zero-order valence-corrected chi connectivity index (χ0v) is 24.4. The molecule has 0 radical (unpaired) electrons. The summed E-state index contributed by atoms with van der Waals surface area (Å²) < 4.78 is 16.2. The van der Waals surface area contributed by atoms with Crippen LogP contribution in [-0.2, 0) is 12.8 Å². The smallest absolute Gasteiger partial charge is 0.127 e. The molecule has 2 aromatic heterocycles. The number of nitrogen functional groups attached to an aromatic ring is 2. The first-order chi connectivity index (χ1) is 20.9. The van der Waals surface area contributed by atoms with E-state index in [1.54, 1.807) is 33.5 Å². The monoisotopic (exact) mass is 574 g/mol. The standard InChI is InChI=1S/C18H18N2O2.C17H16N2O2/c1-21-16-8-5-9-17(22-2)14(16)11-13-10-12-6-3-4-7-15(12)20-18(13)19;1-21-16-8-4-7-15(20)13(16)10-12-9-11-5-2-3-6-14(11)19-17(12)18/h3-10H,11H2,1-2H3,(H2,19,20);2-9,20H,10H2,1H3,(H2,18,19). The molecule has 0 amide bonds. The maximum absolute atomic E-state index is 10.0. The lowest BCUT2D eigenvalue weighted by Gasteiger charge is -2.14. The predicted molar refractivity (Wildman–Crippen MR) is 172 cm³/mol. The largest absolute Gasteiger partial charge is 0.508 e. The van der Waals surface area contributed by atoms with Crippen molar-refractivity contribution < 1.29 is 19.3 Å². The van der Waals surface area contributed by atoms with Crippen molar-refractivity contribution in [2.75, 3.05) is 32.8 Å². The third-order valence-corrected chi connectivity index (χ3v) is 7.27. The van der Waals surface area contributed by atoms with Crippen LogP contribution in [0.3, 0.4) is 0 Å². The topological polar surface area (TPSA) is 126 Å². The highest BCUT2D eigenvalue weighted by molar-refractivity contribution is 5.82. The highest BCUT2D eigenvalue weighted by Gasteiger charge is 2.14. The van der Waals surface area contributed by atoms with Crippen molar-refractivity contribution in [1.82, 2.24) is 9.97 Å². The van der Waals surface area contributed by atoms with Gasteiger partial charge in [0.2, 0.25) is 0 Å². The molecule has 218 valence electrons. The molecule has 0 atom stereocenters. The minimum absolute atomic E-state index is 0.196. The van der Waals surface area contributed by atoms with Crippen LogP contribution in [0.1, 0.15) is 22.3 Å². The minimum atomic E-state index is 0.196. The number of methoxy groups -OCH3 is 3. The second-order valence-corrected chi connectivity index (χ2v) is 9.90. The predicted octanol–water partition coefficient (Wildman–Crippen LogP) is 6.55. The third-order valence-electron chi connectivity index (χ3n) is 7.27. The molecule has 0 aliphatic heterocycles. The zero-order chi connectivity index (χ0) is 30.3. The van der Waals surface area contributed by atoms with Crippen molar-refractivity contribution in [1.29, 1.82) is 0 Å². The highest BCUT2D eigenvalue weighted by atomic mass is 16.5. The molecule has 0 spiro atoms. The van der Waals surface area contributed by atoms with E-state index in [0.717, 1.165) is 50.0 Å². The lowest BCUT2D eigenvalue weighted by molar-refractivity contribution is 0.387. The molecule has 4 aromatic carbocycles. The highest BCUT2D eigenvalue weighted by Crippen LogP contribution is 2.33. The molecule has 8 nitrogen and oxygen atoms in total. The van der Waals surface area contributed by atoms with Gasteiger partial charge in [0.15, 0.2) is 0 Å². The number of benzene rings is 4. The molecule has 0 aliphatic carbocycles. The number of rotatable bonds is 7. The van der Waals surface area contributed by atoms with Gasteiger partial charge in [-0.05, 0) is 59.7 Å². The van der Waals surface area contributed by atoms with Gasteiger partial charge in [-0.1, -0.05) is 48.5 Å². The molecule has 8 heteroatoms. The number of anilines is 2. The number of nitrogens with zero attached hydrogens (tertiary/aromatic N) is 2. The van der Waals surface area contributed by atoms with E-state index < -0.39 is 0 Å². The molecular weight excluding hydrogens is 540 g/mol. The van der Waals surface area contributed by atoms with Crippen molar-refractivity contribution in [2.45, 2.75) is 12.8 Å². The molecule has 0 bridgehead atoms. The molecule has 43 heavy (non-hydrogen) atoms. The Hall–Kier alpha value is -5.50. The average Bonchev–Trinajstić information content (AvgIpc) is 3.03. The van der Waals surface area contributed by atoms with Crippen LogP contribution in [0.2, 0.25) is 0 Å². The van der Waals surface area contributed by atoms with Crippen LogP contribution < -0.4 is 25.7 Å². The Bertz CT molecular complexity index is 1870. The first-order valence-corrected chi connectivity index (χ1v) is 13.7. The molecule has 0 saturated heterocycles. The summed E-state index contributed by atoms with van der Waals surface area (Å²) >= 11 is 0. The summed E-state index contributed by atoms with van der Waals surface area (Å²) in [7, 11) is 4.89. The number of hydrogen-bond acceptors (Lipinski definition) is 8. The molecule has 0 fully saturated rings. The van der Waals surface area contributed by atoms with Crippen molar-refractivity contribution in [3.8, 4) is 23.0 Å². The van der Waals surface area contributed by atoms with Crippen molar-refractivity contribution in [3.63, 3.8) is 0 Å². The number of aromatic nitrogens is 2. The Balaban J connectivity index is 0.000000171. The first-order valence-electron chi connectivity index (χ1n) is 13.7. The lowest BCUT2D eigenvalue weighted by Crippen LogP contribution is -2.02. The Kier molecular flexibility index (Phi) is 8.77. The van der Waals surface area contributed by atoms with E-state index in [4.69, 9.17) is 25.7 Å². The fourth-order valence-electron chi connectivity index (χ4n) is 5.04. The van der Waals surface area contributed by atoms with Gasteiger partial charge in [0, 0.05) is 34.7 Å². The fraction of sp³-hybridized carbons (Fsp3) is 0.143. The Labute approximate surface area is 250 Å². The van der Waals surface area contributed by atoms with E-state index in [0.29, 0.717) is 35.8 Å². The molecular formula is C35H34N4O4. The van der Waals surface area contributed by atoms with Crippen LogP contribution >= 0.6 is 0 Å². The summed E-state index contributed by atoms with van der Waals surface area (Å²) in [5.41, 5.74) is 17.4. The van der Waals surface area contributed by atoms with Gasteiger partial charge in [0.25, 0.3) is 0 Å². The zero-order valence-electron chi connectivity index (χ0n) is 24.4. The van der Waals surface area contributed by atoms with E-state index >= 15 is 0 Å². The van der Waals surface area contributed by atoms with Crippen molar-refractivity contribution in [2.24, 2.45) is 0 Å². The molecule has 0 aliphatic rings. The summed E-state index contributed by atoms with van der Waals surface area (Å²) in [4.78, 5) is 8.89. The molecule has 5 N–H and O–H groups in total. The van der Waals surface area contributed by atoms with Crippen LogP contribution in [0.25, 0.3) is 21.8 Å². The van der Waals surface area contributed by atoms with Crippen LogP contribution in [0.5, 0.6) is 23.0 Å². The van der Waals surface area contributed by atoms with Gasteiger partial charge >= 0.3 is 0 Å². The second-order valence-electron chi connectivity index (χ2n) is 9.90. The maximum atomic E-state index is 10.0. The van der Waals surface area contributed by atoms with E-state index in [2.05, 4.69) is 16.0 Å². The van der Waals surface area contributed by atoms with Crippen molar-refractivity contribution >= 4 is 33.4 Å². The SMILES string of the molecule is COc1cccc(O)c1Cc1cc2ccccc2nc1N.COc1cccc(OC)c1Cc1cc2ccccc2nc1N.